The van der Waals surface area contributed by atoms with Gasteiger partial charge in [0.05, 0.1) is 25.0 Å². The van der Waals surface area contributed by atoms with Crippen LogP contribution in [0.25, 0.3) is 11.1 Å². The van der Waals surface area contributed by atoms with Gasteiger partial charge in [-0.1, -0.05) is 54.6 Å². The van der Waals surface area contributed by atoms with E-state index in [-0.39, 0.29) is 18.1 Å². The summed E-state index contributed by atoms with van der Waals surface area (Å²) in [4.78, 5) is 12.4. The first-order valence-electron chi connectivity index (χ1n) is 9.53. The summed E-state index contributed by atoms with van der Waals surface area (Å²) in [7, 11) is -1.98. The Morgan fingerprint density at radius 1 is 0.933 bits per heavy atom. The zero-order chi connectivity index (χ0) is 21.6. The van der Waals surface area contributed by atoms with E-state index >= 15 is 0 Å². The van der Waals surface area contributed by atoms with Gasteiger partial charge in [0.15, 0.2) is 0 Å². The number of carbonyl (C=O) groups is 1. The normalized spacial score (nSPS) is 11.0. The van der Waals surface area contributed by atoms with E-state index in [9.17, 15) is 13.2 Å². The van der Waals surface area contributed by atoms with E-state index in [1.54, 1.807) is 25.1 Å². The van der Waals surface area contributed by atoms with E-state index in [0.29, 0.717) is 17.1 Å². The molecule has 3 aromatic carbocycles. The highest BCUT2D eigenvalue weighted by Crippen LogP contribution is 2.29. The first-order valence-corrected chi connectivity index (χ1v) is 11.2. The van der Waals surface area contributed by atoms with Gasteiger partial charge in [0.1, 0.15) is 5.75 Å². The molecule has 3 aromatic rings. The Balaban J connectivity index is 1.66. The third-order valence-electron chi connectivity index (χ3n) is 4.56. The Morgan fingerprint density at radius 3 is 2.23 bits per heavy atom. The zero-order valence-corrected chi connectivity index (χ0v) is 17.7. The van der Waals surface area contributed by atoms with E-state index < -0.39 is 10.0 Å². The van der Waals surface area contributed by atoms with E-state index in [0.717, 1.165) is 16.7 Å². The summed E-state index contributed by atoms with van der Waals surface area (Å²) in [6.07, 6.45) is 0.224. The van der Waals surface area contributed by atoms with Crippen LogP contribution < -0.4 is 14.8 Å². The van der Waals surface area contributed by atoms with Crippen LogP contribution in [0.4, 0.5) is 11.4 Å². The van der Waals surface area contributed by atoms with Gasteiger partial charge in [0.2, 0.25) is 15.9 Å². The van der Waals surface area contributed by atoms with Crippen LogP contribution in [0.5, 0.6) is 5.75 Å². The second-order valence-corrected chi connectivity index (χ2v) is 8.72. The van der Waals surface area contributed by atoms with Crippen molar-refractivity contribution in [3.8, 4) is 16.9 Å². The maximum Gasteiger partial charge on any atom is 0.232 e. The number of carbonyl (C=O) groups excluding carboxylic acids is 1. The molecule has 0 radical (unpaired) electrons. The lowest BCUT2D eigenvalue weighted by atomic mass is 10.0. The van der Waals surface area contributed by atoms with E-state index in [4.69, 9.17) is 4.74 Å². The largest absolute Gasteiger partial charge is 0.494 e. The maximum absolute atomic E-state index is 12.4. The van der Waals surface area contributed by atoms with Gasteiger partial charge in [0, 0.05) is 11.8 Å². The van der Waals surface area contributed by atoms with Crippen LogP contribution >= 0.6 is 0 Å². The molecule has 0 fully saturated rings. The molecule has 0 aliphatic carbocycles. The molecule has 0 heterocycles. The standard InChI is InChI=1S/C23H24N2O4S/c1-3-30(27,28)25-21-14-13-20(16-22(21)29-2)24-23(26)15-17-9-11-19(12-10-17)18-7-5-4-6-8-18/h4-14,16,25H,3,15H2,1-2H3,(H,24,26). The van der Waals surface area contributed by atoms with Crippen LogP contribution in [0.3, 0.4) is 0 Å². The number of hydrogen-bond acceptors (Lipinski definition) is 4. The fraction of sp³-hybridized carbons (Fsp3) is 0.174. The van der Waals surface area contributed by atoms with E-state index in [1.807, 2.05) is 54.6 Å². The second kappa shape index (κ2) is 9.45. The summed E-state index contributed by atoms with van der Waals surface area (Å²) >= 11 is 0. The van der Waals surface area contributed by atoms with Crippen LogP contribution in [0, 0.1) is 0 Å². The lowest BCUT2D eigenvalue weighted by molar-refractivity contribution is -0.115. The fourth-order valence-electron chi connectivity index (χ4n) is 2.93. The first kappa shape index (κ1) is 21.4. The molecular formula is C23H24N2O4S. The van der Waals surface area contributed by atoms with Crippen molar-refractivity contribution in [1.82, 2.24) is 0 Å². The number of benzene rings is 3. The topological polar surface area (TPSA) is 84.5 Å². The number of nitrogens with one attached hydrogen (secondary N) is 2. The summed E-state index contributed by atoms with van der Waals surface area (Å²) in [5.41, 5.74) is 3.96. The molecule has 0 aromatic heterocycles. The van der Waals surface area contributed by atoms with Gasteiger partial charge in [-0.15, -0.1) is 0 Å². The minimum atomic E-state index is -3.42. The Morgan fingerprint density at radius 2 is 1.60 bits per heavy atom. The average molecular weight is 425 g/mol. The molecule has 0 spiro atoms. The molecule has 3 rings (SSSR count). The lowest BCUT2D eigenvalue weighted by Gasteiger charge is -2.13. The molecular weight excluding hydrogens is 400 g/mol. The minimum Gasteiger partial charge on any atom is -0.494 e. The van der Waals surface area contributed by atoms with Gasteiger partial charge in [-0.2, -0.15) is 0 Å². The molecule has 30 heavy (non-hydrogen) atoms. The smallest absolute Gasteiger partial charge is 0.232 e. The molecule has 0 saturated heterocycles. The van der Waals surface area contributed by atoms with Crippen LogP contribution in [-0.4, -0.2) is 27.2 Å². The molecule has 156 valence electrons. The Kier molecular flexibility index (Phi) is 6.74. The van der Waals surface area contributed by atoms with Crippen molar-refractivity contribution in [2.24, 2.45) is 0 Å². The van der Waals surface area contributed by atoms with Crippen LogP contribution in [-0.2, 0) is 21.2 Å². The summed E-state index contributed by atoms with van der Waals surface area (Å²) in [5, 5.41) is 2.82. The number of ether oxygens (including phenoxy) is 1. The Labute approximate surface area is 177 Å². The van der Waals surface area contributed by atoms with E-state index in [2.05, 4.69) is 10.0 Å². The van der Waals surface area contributed by atoms with Crippen molar-refractivity contribution in [3.63, 3.8) is 0 Å². The molecule has 6 nitrogen and oxygen atoms in total. The van der Waals surface area contributed by atoms with Crippen molar-refractivity contribution in [2.75, 3.05) is 22.9 Å². The van der Waals surface area contributed by atoms with Crippen LogP contribution in [0.1, 0.15) is 12.5 Å². The minimum absolute atomic E-state index is 0.0439. The third kappa shape index (κ3) is 5.61. The molecule has 0 bridgehead atoms. The molecule has 0 unspecified atom stereocenters. The van der Waals surface area contributed by atoms with Gasteiger partial charge >= 0.3 is 0 Å². The number of anilines is 2. The number of hydrogen-bond donors (Lipinski definition) is 2. The summed E-state index contributed by atoms with van der Waals surface area (Å²) < 4.78 is 31.3. The number of amides is 1. The van der Waals surface area contributed by atoms with Crippen molar-refractivity contribution in [2.45, 2.75) is 13.3 Å². The van der Waals surface area contributed by atoms with Crippen molar-refractivity contribution >= 4 is 27.3 Å². The summed E-state index contributed by atoms with van der Waals surface area (Å²) in [6, 6.07) is 22.7. The molecule has 2 N–H and O–H groups in total. The fourth-order valence-corrected chi connectivity index (χ4v) is 3.58. The number of sulfonamides is 1. The van der Waals surface area contributed by atoms with Gasteiger partial charge in [-0.3, -0.25) is 9.52 Å². The Hall–Kier alpha value is -3.32. The summed E-state index contributed by atoms with van der Waals surface area (Å²) in [5.74, 6) is 0.112. The predicted molar refractivity (Wildman–Crippen MR) is 120 cm³/mol. The first-order chi connectivity index (χ1) is 14.4. The quantitative estimate of drug-likeness (QED) is 0.564. The second-order valence-electron chi connectivity index (χ2n) is 6.71. The molecule has 1 amide bonds. The highest BCUT2D eigenvalue weighted by molar-refractivity contribution is 7.92. The molecule has 0 aliphatic rings. The highest BCUT2D eigenvalue weighted by atomic mass is 32.2. The molecule has 0 aliphatic heterocycles. The number of rotatable bonds is 8. The highest BCUT2D eigenvalue weighted by Gasteiger charge is 2.13. The van der Waals surface area contributed by atoms with Crippen LogP contribution in [0.2, 0.25) is 0 Å². The third-order valence-corrected chi connectivity index (χ3v) is 5.85. The zero-order valence-electron chi connectivity index (χ0n) is 16.9. The predicted octanol–water partition coefficient (Wildman–Crippen LogP) is 4.31. The average Bonchev–Trinajstić information content (AvgIpc) is 2.75. The Bertz CT molecular complexity index is 1110. The van der Waals surface area contributed by atoms with Crippen molar-refractivity contribution in [3.05, 3.63) is 78.4 Å². The van der Waals surface area contributed by atoms with Gasteiger partial charge in [-0.05, 0) is 35.7 Å². The molecule has 0 saturated carbocycles. The van der Waals surface area contributed by atoms with Gasteiger partial charge < -0.3 is 10.1 Å². The maximum atomic E-state index is 12.4. The monoisotopic (exact) mass is 424 g/mol. The lowest BCUT2D eigenvalue weighted by Crippen LogP contribution is -2.16. The SMILES string of the molecule is CCS(=O)(=O)Nc1ccc(NC(=O)Cc2ccc(-c3ccccc3)cc2)cc1OC. The van der Waals surface area contributed by atoms with Gasteiger partial charge in [-0.25, -0.2) is 8.42 Å². The van der Waals surface area contributed by atoms with Crippen molar-refractivity contribution < 1.29 is 17.9 Å². The number of methoxy groups -OCH3 is 1. The molecule has 0 atom stereocenters. The summed E-state index contributed by atoms with van der Waals surface area (Å²) in [6.45, 7) is 1.55. The van der Waals surface area contributed by atoms with E-state index in [1.165, 1.54) is 7.11 Å². The van der Waals surface area contributed by atoms with Crippen LogP contribution in [0.15, 0.2) is 72.8 Å². The molecule has 7 heteroatoms. The van der Waals surface area contributed by atoms with Gasteiger partial charge in [0.25, 0.3) is 0 Å². The van der Waals surface area contributed by atoms with Crippen molar-refractivity contribution in [1.29, 1.82) is 0 Å².